The minimum absolute atomic E-state index is 0.715. The largest absolute Gasteiger partial charge is 0.241 e. The highest BCUT2D eigenvalue weighted by molar-refractivity contribution is 5.12. The van der Waals surface area contributed by atoms with Crippen LogP contribution in [0.15, 0.2) is 12.4 Å². The maximum atomic E-state index is 4.59. The van der Waals surface area contributed by atoms with E-state index in [2.05, 4.69) is 36.2 Å². The van der Waals surface area contributed by atoms with Crippen molar-refractivity contribution in [2.45, 2.75) is 96.8 Å². The number of unbranched alkanes of at least 4 members (excludes halogenated alkanes) is 4. The van der Waals surface area contributed by atoms with E-state index in [9.17, 15) is 0 Å². The third kappa shape index (κ3) is 5.70. The smallest absolute Gasteiger partial charge is 0.128 e. The first-order valence-electron chi connectivity index (χ1n) is 9.64. The molecule has 0 atom stereocenters. The summed E-state index contributed by atoms with van der Waals surface area (Å²) in [6, 6.07) is 0. The molecule has 1 aromatic rings. The van der Waals surface area contributed by atoms with Gasteiger partial charge in [0.05, 0.1) is 0 Å². The minimum atomic E-state index is 0.715. The van der Waals surface area contributed by atoms with Crippen molar-refractivity contribution in [1.82, 2.24) is 9.97 Å². The van der Waals surface area contributed by atoms with E-state index in [1.54, 1.807) is 0 Å². The highest BCUT2D eigenvalue weighted by atomic mass is 14.9. The lowest BCUT2D eigenvalue weighted by Gasteiger charge is -2.28. The molecule has 2 heteroatoms. The molecule has 1 fully saturated rings. The fraction of sp³-hybridized carbons (Fsp3) is 0.800. The van der Waals surface area contributed by atoms with Crippen molar-refractivity contribution >= 4 is 0 Å². The first-order chi connectivity index (χ1) is 10.8. The normalized spacial score (nSPS) is 21.9. The Morgan fingerprint density at radius 3 is 2.14 bits per heavy atom. The van der Waals surface area contributed by atoms with E-state index in [-0.39, 0.29) is 0 Å². The van der Waals surface area contributed by atoms with Gasteiger partial charge >= 0.3 is 0 Å². The average Bonchev–Trinajstić information content (AvgIpc) is 2.57. The SMILES string of the molecule is CCCCCc1ncc(C2CCC(CCCCC)CC2)cn1. The van der Waals surface area contributed by atoms with Gasteiger partial charge in [-0.15, -0.1) is 0 Å². The summed E-state index contributed by atoms with van der Waals surface area (Å²) in [4.78, 5) is 9.19. The molecule has 2 nitrogen and oxygen atoms in total. The van der Waals surface area contributed by atoms with Gasteiger partial charge in [-0.05, 0) is 49.5 Å². The standard InChI is InChI=1S/C20H34N2/c1-3-5-7-9-17-11-13-18(14-12-17)19-15-21-20(22-16-19)10-8-6-4-2/h15-18H,3-14H2,1-2H3. The molecule has 22 heavy (non-hydrogen) atoms. The Morgan fingerprint density at radius 2 is 1.50 bits per heavy atom. The van der Waals surface area contributed by atoms with Gasteiger partial charge in [0.25, 0.3) is 0 Å². The quantitative estimate of drug-likeness (QED) is 0.518. The van der Waals surface area contributed by atoms with Gasteiger partial charge in [-0.2, -0.15) is 0 Å². The van der Waals surface area contributed by atoms with E-state index in [1.165, 1.54) is 76.2 Å². The van der Waals surface area contributed by atoms with Crippen LogP contribution in [-0.2, 0) is 6.42 Å². The number of nitrogens with zero attached hydrogens (tertiary/aromatic N) is 2. The highest BCUT2D eigenvalue weighted by Crippen LogP contribution is 2.37. The third-order valence-corrected chi connectivity index (χ3v) is 5.26. The van der Waals surface area contributed by atoms with Crippen LogP contribution < -0.4 is 0 Å². The van der Waals surface area contributed by atoms with Gasteiger partial charge in [-0.25, -0.2) is 9.97 Å². The molecule has 0 unspecified atom stereocenters. The fourth-order valence-corrected chi connectivity index (χ4v) is 3.71. The Kier molecular flexibility index (Phi) is 7.90. The van der Waals surface area contributed by atoms with Gasteiger partial charge in [0.2, 0.25) is 0 Å². The zero-order chi connectivity index (χ0) is 15.6. The predicted octanol–water partition coefficient (Wildman–Crippen LogP) is 6.06. The van der Waals surface area contributed by atoms with E-state index < -0.39 is 0 Å². The van der Waals surface area contributed by atoms with Crippen LogP contribution in [0, 0.1) is 5.92 Å². The summed E-state index contributed by atoms with van der Waals surface area (Å²) in [5, 5.41) is 0. The Bertz CT molecular complexity index is 391. The first-order valence-corrected chi connectivity index (χ1v) is 9.64. The van der Waals surface area contributed by atoms with Crippen molar-refractivity contribution in [3.05, 3.63) is 23.8 Å². The van der Waals surface area contributed by atoms with E-state index in [1.807, 2.05) is 0 Å². The molecule has 0 amide bonds. The topological polar surface area (TPSA) is 25.8 Å². The van der Waals surface area contributed by atoms with Crippen molar-refractivity contribution in [1.29, 1.82) is 0 Å². The molecule has 1 aliphatic carbocycles. The summed E-state index contributed by atoms with van der Waals surface area (Å²) < 4.78 is 0. The summed E-state index contributed by atoms with van der Waals surface area (Å²) in [5.41, 5.74) is 1.38. The molecule has 0 N–H and O–H groups in total. The van der Waals surface area contributed by atoms with Crippen molar-refractivity contribution < 1.29 is 0 Å². The van der Waals surface area contributed by atoms with Gasteiger partial charge in [-0.1, -0.05) is 52.4 Å². The summed E-state index contributed by atoms with van der Waals surface area (Å²) in [7, 11) is 0. The Morgan fingerprint density at radius 1 is 0.864 bits per heavy atom. The number of rotatable bonds is 9. The van der Waals surface area contributed by atoms with Gasteiger partial charge in [0, 0.05) is 18.8 Å². The molecule has 1 aliphatic rings. The summed E-state index contributed by atoms with van der Waals surface area (Å²) in [6.07, 6.45) is 20.2. The summed E-state index contributed by atoms with van der Waals surface area (Å²) in [6.45, 7) is 4.53. The van der Waals surface area contributed by atoms with Crippen molar-refractivity contribution in [2.24, 2.45) is 5.92 Å². The molecule has 0 spiro atoms. The van der Waals surface area contributed by atoms with Gasteiger partial charge < -0.3 is 0 Å². The van der Waals surface area contributed by atoms with Crippen LogP contribution in [0.3, 0.4) is 0 Å². The predicted molar refractivity (Wildman–Crippen MR) is 94.1 cm³/mol. The second-order valence-electron chi connectivity index (χ2n) is 7.10. The zero-order valence-electron chi connectivity index (χ0n) is 14.7. The molecule has 0 saturated heterocycles. The van der Waals surface area contributed by atoms with E-state index in [0.717, 1.165) is 18.2 Å². The van der Waals surface area contributed by atoms with Crippen LogP contribution in [0.4, 0.5) is 0 Å². The van der Waals surface area contributed by atoms with Gasteiger partial charge in [-0.3, -0.25) is 0 Å². The third-order valence-electron chi connectivity index (χ3n) is 5.26. The van der Waals surface area contributed by atoms with Crippen LogP contribution in [-0.4, -0.2) is 9.97 Å². The molecule has 0 bridgehead atoms. The molecular formula is C20H34N2. The van der Waals surface area contributed by atoms with Crippen LogP contribution in [0.25, 0.3) is 0 Å². The lowest BCUT2D eigenvalue weighted by molar-refractivity contribution is 0.302. The van der Waals surface area contributed by atoms with Crippen LogP contribution >= 0.6 is 0 Å². The van der Waals surface area contributed by atoms with E-state index in [4.69, 9.17) is 0 Å². The number of hydrogen-bond acceptors (Lipinski definition) is 2. The zero-order valence-corrected chi connectivity index (χ0v) is 14.7. The fourth-order valence-electron chi connectivity index (χ4n) is 3.71. The molecule has 1 saturated carbocycles. The monoisotopic (exact) mass is 302 g/mol. The number of hydrogen-bond donors (Lipinski definition) is 0. The van der Waals surface area contributed by atoms with Crippen LogP contribution in [0.5, 0.6) is 0 Å². The summed E-state index contributed by atoms with van der Waals surface area (Å²) in [5.74, 6) is 2.73. The Balaban J connectivity index is 1.74. The molecule has 1 heterocycles. The maximum Gasteiger partial charge on any atom is 0.128 e. The van der Waals surface area contributed by atoms with E-state index in [0.29, 0.717) is 5.92 Å². The minimum Gasteiger partial charge on any atom is -0.241 e. The Hall–Kier alpha value is -0.920. The Labute approximate surface area is 137 Å². The van der Waals surface area contributed by atoms with Crippen LogP contribution in [0.2, 0.25) is 0 Å². The molecule has 0 radical (unpaired) electrons. The lowest BCUT2D eigenvalue weighted by Crippen LogP contribution is -2.14. The van der Waals surface area contributed by atoms with Crippen molar-refractivity contribution in [2.75, 3.05) is 0 Å². The molecule has 0 aliphatic heterocycles. The molecule has 0 aromatic carbocycles. The molecule has 2 rings (SSSR count). The number of aromatic nitrogens is 2. The molecule has 124 valence electrons. The second-order valence-corrected chi connectivity index (χ2v) is 7.10. The highest BCUT2D eigenvalue weighted by Gasteiger charge is 2.22. The van der Waals surface area contributed by atoms with Crippen molar-refractivity contribution in [3.63, 3.8) is 0 Å². The lowest BCUT2D eigenvalue weighted by atomic mass is 9.77. The van der Waals surface area contributed by atoms with Crippen LogP contribution in [0.1, 0.15) is 102 Å². The van der Waals surface area contributed by atoms with Gasteiger partial charge in [0.15, 0.2) is 0 Å². The molecular weight excluding hydrogens is 268 g/mol. The maximum absolute atomic E-state index is 4.59. The molecule has 1 aromatic heterocycles. The van der Waals surface area contributed by atoms with E-state index >= 15 is 0 Å². The second kappa shape index (κ2) is 9.97. The first kappa shape index (κ1) is 17.4. The van der Waals surface area contributed by atoms with Gasteiger partial charge in [0.1, 0.15) is 5.82 Å². The average molecular weight is 303 g/mol. The van der Waals surface area contributed by atoms with Crippen molar-refractivity contribution in [3.8, 4) is 0 Å². The summed E-state index contributed by atoms with van der Waals surface area (Å²) >= 11 is 0. The number of aryl methyl sites for hydroxylation is 1.